The van der Waals surface area contributed by atoms with Crippen LogP contribution in [0.3, 0.4) is 0 Å². The average molecular weight is 277 g/mol. The molecular formula is C15H19NO4. The van der Waals surface area contributed by atoms with Crippen LogP contribution in [0.4, 0.5) is 0 Å². The first-order chi connectivity index (χ1) is 9.54. The van der Waals surface area contributed by atoms with Gasteiger partial charge in [-0.15, -0.1) is 0 Å². The lowest BCUT2D eigenvalue weighted by atomic mass is 9.99. The van der Waals surface area contributed by atoms with Gasteiger partial charge in [-0.3, -0.25) is 9.59 Å². The number of hydrogen-bond acceptors (Lipinski definition) is 4. The first kappa shape index (κ1) is 14.4. The fourth-order valence-electron chi connectivity index (χ4n) is 2.41. The van der Waals surface area contributed by atoms with Crippen molar-refractivity contribution in [2.75, 3.05) is 27.3 Å². The van der Waals surface area contributed by atoms with E-state index < -0.39 is 0 Å². The number of fused-ring (bicyclic) bond motifs is 1. The standard InChI is InChI=1S/C15H19NO4/c1-10(15(18)19-3)8-16(2)14(17)12-9-20-13-7-5-4-6-11(12)13/h4-7,10,12H,8-9H2,1-3H3. The smallest absolute Gasteiger partial charge is 0.310 e. The number of para-hydroxylation sites is 1. The van der Waals surface area contributed by atoms with E-state index >= 15 is 0 Å². The molecule has 0 saturated carbocycles. The Kier molecular flexibility index (Phi) is 4.27. The maximum absolute atomic E-state index is 12.4. The zero-order chi connectivity index (χ0) is 14.7. The number of methoxy groups -OCH3 is 1. The molecule has 1 aromatic rings. The van der Waals surface area contributed by atoms with Crippen LogP contribution in [0, 0.1) is 5.92 Å². The normalized spacial score (nSPS) is 17.9. The average Bonchev–Trinajstić information content (AvgIpc) is 2.89. The number of nitrogens with zero attached hydrogens (tertiary/aromatic N) is 1. The lowest BCUT2D eigenvalue weighted by Gasteiger charge is -2.23. The topological polar surface area (TPSA) is 55.8 Å². The summed E-state index contributed by atoms with van der Waals surface area (Å²) in [5.74, 6) is -0.216. The van der Waals surface area contributed by atoms with Crippen molar-refractivity contribution in [2.45, 2.75) is 12.8 Å². The Morgan fingerprint density at radius 1 is 1.45 bits per heavy atom. The van der Waals surface area contributed by atoms with Crippen molar-refractivity contribution in [1.82, 2.24) is 4.90 Å². The highest BCUT2D eigenvalue weighted by atomic mass is 16.5. The number of rotatable bonds is 4. The molecule has 0 fully saturated rings. The van der Waals surface area contributed by atoms with E-state index in [1.54, 1.807) is 18.9 Å². The molecule has 2 unspecified atom stereocenters. The van der Waals surface area contributed by atoms with Crippen molar-refractivity contribution in [2.24, 2.45) is 5.92 Å². The summed E-state index contributed by atoms with van der Waals surface area (Å²) in [5, 5.41) is 0. The summed E-state index contributed by atoms with van der Waals surface area (Å²) in [4.78, 5) is 25.4. The van der Waals surface area contributed by atoms with Crippen LogP contribution in [0.5, 0.6) is 5.75 Å². The molecule has 1 amide bonds. The SMILES string of the molecule is COC(=O)C(C)CN(C)C(=O)C1COc2ccccc21. The fourth-order valence-corrected chi connectivity index (χ4v) is 2.41. The molecule has 1 aliphatic rings. The second kappa shape index (κ2) is 5.94. The van der Waals surface area contributed by atoms with Crippen LogP contribution in [-0.4, -0.2) is 44.1 Å². The van der Waals surface area contributed by atoms with Gasteiger partial charge in [0.05, 0.1) is 13.0 Å². The zero-order valence-electron chi connectivity index (χ0n) is 12.0. The Balaban J connectivity index is 2.04. The van der Waals surface area contributed by atoms with Gasteiger partial charge in [0.1, 0.15) is 18.3 Å². The molecule has 0 N–H and O–H groups in total. The molecule has 0 bridgehead atoms. The Hall–Kier alpha value is -2.04. The molecule has 0 saturated heterocycles. The van der Waals surface area contributed by atoms with Gasteiger partial charge in [-0.25, -0.2) is 0 Å². The highest BCUT2D eigenvalue weighted by molar-refractivity contribution is 5.86. The van der Waals surface area contributed by atoms with E-state index in [0.717, 1.165) is 11.3 Å². The number of ether oxygens (including phenoxy) is 2. The number of hydrogen-bond donors (Lipinski definition) is 0. The van der Waals surface area contributed by atoms with Crippen molar-refractivity contribution in [3.63, 3.8) is 0 Å². The van der Waals surface area contributed by atoms with Gasteiger partial charge in [-0.1, -0.05) is 25.1 Å². The molecule has 1 aromatic carbocycles. The number of carbonyl (C=O) groups is 2. The third-order valence-electron chi connectivity index (χ3n) is 3.53. The maximum Gasteiger partial charge on any atom is 0.310 e. The summed E-state index contributed by atoms with van der Waals surface area (Å²) >= 11 is 0. The summed E-state index contributed by atoms with van der Waals surface area (Å²) in [6.07, 6.45) is 0. The third-order valence-corrected chi connectivity index (χ3v) is 3.53. The number of esters is 1. The van der Waals surface area contributed by atoms with Crippen LogP contribution >= 0.6 is 0 Å². The predicted octanol–water partition coefficient (Wildman–Crippen LogP) is 1.43. The monoisotopic (exact) mass is 277 g/mol. The Morgan fingerprint density at radius 3 is 2.85 bits per heavy atom. The van der Waals surface area contributed by atoms with Gasteiger partial charge in [0.2, 0.25) is 5.91 Å². The van der Waals surface area contributed by atoms with E-state index in [-0.39, 0.29) is 23.7 Å². The molecule has 20 heavy (non-hydrogen) atoms. The van der Waals surface area contributed by atoms with Crippen LogP contribution < -0.4 is 4.74 Å². The van der Waals surface area contributed by atoms with E-state index in [0.29, 0.717) is 13.2 Å². The van der Waals surface area contributed by atoms with Gasteiger partial charge in [0.15, 0.2) is 0 Å². The molecule has 0 aliphatic carbocycles. The van der Waals surface area contributed by atoms with E-state index in [4.69, 9.17) is 4.74 Å². The van der Waals surface area contributed by atoms with Crippen molar-refractivity contribution in [3.05, 3.63) is 29.8 Å². The predicted molar refractivity (Wildman–Crippen MR) is 73.5 cm³/mol. The first-order valence-corrected chi connectivity index (χ1v) is 6.59. The minimum absolute atomic E-state index is 0.0364. The molecule has 0 radical (unpaired) electrons. The molecular weight excluding hydrogens is 258 g/mol. The third kappa shape index (κ3) is 2.76. The summed E-state index contributed by atoms with van der Waals surface area (Å²) in [7, 11) is 3.05. The second-order valence-electron chi connectivity index (χ2n) is 5.04. The van der Waals surface area contributed by atoms with Gasteiger partial charge < -0.3 is 14.4 Å². The minimum atomic E-state index is -0.341. The molecule has 1 heterocycles. The summed E-state index contributed by atoms with van der Waals surface area (Å²) in [6.45, 7) is 2.44. The first-order valence-electron chi connectivity index (χ1n) is 6.59. The van der Waals surface area contributed by atoms with Crippen molar-refractivity contribution < 1.29 is 19.1 Å². The Morgan fingerprint density at radius 2 is 2.15 bits per heavy atom. The van der Waals surface area contributed by atoms with Crippen LogP contribution in [0.1, 0.15) is 18.4 Å². The minimum Gasteiger partial charge on any atom is -0.492 e. The van der Waals surface area contributed by atoms with E-state index in [9.17, 15) is 9.59 Å². The quantitative estimate of drug-likeness (QED) is 0.781. The summed E-state index contributed by atoms with van der Waals surface area (Å²) in [6, 6.07) is 7.54. The van der Waals surface area contributed by atoms with Gasteiger partial charge in [-0.2, -0.15) is 0 Å². The maximum atomic E-state index is 12.4. The molecule has 1 aliphatic heterocycles. The van der Waals surface area contributed by atoms with Crippen molar-refractivity contribution >= 4 is 11.9 Å². The van der Waals surface area contributed by atoms with E-state index in [1.807, 2.05) is 24.3 Å². The number of benzene rings is 1. The highest BCUT2D eigenvalue weighted by Gasteiger charge is 2.32. The lowest BCUT2D eigenvalue weighted by molar-refractivity contribution is -0.146. The molecule has 2 atom stereocenters. The largest absolute Gasteiger partial charge is 0.492 e. The molecule has 5 heteroatoms. The molecule has 2 rings (SSSR count). The van der Waals surface area contributed by atoms with Gasteiger partial charge in [0, 0.05) is 19.2 Å². The Labute approximate surface area is 118 Å². The van der Waals surface area contributed by atoms with E-state index in [2.05, 4.69) is 4.74 Å². The Bertz CT molecular complexity index is 514. The second-order valence-corrected chi connectivity index (χ2v) is 5.04. The zero-order valence-corrected chi connectivity index (χ0v) is 12.0. The molecule has 108 valence electrons. The van der Waals surface area contributed by atoms with Gasteiger partial charge >= 0.3 is 5.97 Å². The highest BCUT2D eigenvalue weighted by Crippen LogP contribution is 2.34. The van der Waals surface area contributed by atoms with Crippen LogP contribution in [0.2, 0.25) is 0 Å². The van der Waals surface area contributed by atoms with Crippen LogP contribution in [0.25, 0.3) is 0 Å². The van der Waals surface area contributed by atoms with E-state index in [1.165, 1.54) is 7.11 Å². The van der Waals surface area contributed by atoms with Crippen molar-refractivity contribution in [1.29, 1.82) is 0 Å². The van der Waals surface area contributed by atoms with Crippen molar-refractivity contribution in [3.8, 4) is 5.75 Å². The van der Waals surface area contributed by atoms with Crippen LogP contribution in [0.15, 0.2) is 24.3 Å². The molecule has 5 nitrogen and oxygen atoms in total. The number of likely N-dealkylation sites (N-methyl/N-ethyl adjacent to an activating group) is 1. The van der Waals surface area contributed by atoms with Gasteiger partial charge in [-0.05, 0) is 6.07 Å². The molecule has 0 spiro atoms. The van der Waals surface area contributed by atoms with Gasteiger partial charge in [0.25, 0.3) is 0 Å². The number of amides is 1. The summed E-state index contributed by atoms with van der Waals surface area (Å²) < 4.78 is 10.2. The van der Waals surface area contributed by atoms with Crippen LogP contribution in [-0.2, 0) is 14.3 Å². The fraction of sp³-hybridized carbons (Fsp3) is 0.467. The summed E-state index contributed by atoms with van der Waals surface area (Å²) in [5.41, 5.74) is 0.912. The molecule has 0 aromatic heterocycles. The number of carbonyl (C=O) groups excluding carboxylic acids is 2. The lowest BCUT2D eigenvalue weighted by Crippen LogP contribution is -2.37.